The van der Waals surface area contributed by atoms with Crippen LogP contribution in [0, 0.1) is 0 Å². The average molecular weight is 262 g/mol. The summed E-state index contributed by atoms with van der Waals surface area (Å²) in [6.07, 6.45) is 3.60. The molecule has 2 heterocycles. The molecule has 0 aliphatic carbocycles. The summed E-state index contributed by atoms with van der Waals surface area (Å²) in [6, 6.07) is 11.2. The molecule has 4 heteroatoms. The normalized spacial score (nSPS) is 11.4. The molecular formula is C16H10N2O2. The van der Waals surface area contributed by atoms with E-state index in [-0.39, 0.29) is 5.56 Å². The number of fused-ring (bicyclic) bond motifs is 4. The summed E-state index contributed by atoms with van der Waals surface area (Å²) in [5.41, 5.74) is 2.12. The van der Waals surface area contributed by atoms with Gasteiger partial charge in [-0.05, 0) is 35.7 Å². The minimum atomic E-state index is -0.917. The van der Waals surface area contributed by atoms with Crippen molar-refractivity contribution in [2.45, 2.75) is 0 Å². The van der Waals surface area contributed by atoms with Crippen molar-refractivity contribution in [1.29, 1.82) is 0 Å². The lowest BCUT2D eigenvalue weighted by molar-refractivity contribution is 0.0697. The molecule has 0 fully saturated rings. The predicted molar refractivity (Wildman–Crippen MR) is 78.1 cm³/mol. The number of aromatic carboxylic acids is 1. The zero-order valence-corrected chi connectivity index (χ0v) is 10.4. The number of hydrogen-bond donors (Lipinski definition) is 2. The molecule has 0 spiro atoms. The van der Waals surface area contributed by atoms with E-state index in [1.54, 1.807) is 18.3 Å². The first-order valence-electron chi connectivity index (χ1n) is 6.25. The molecule has 0 unspecified atom stereocenters. The number of carboxylic acid groups (broad SMARTS) is 1. The van der Waals surface area contributed by atoms with E-state index in [9.17, 15) is 4.79 Å². The van der Waals surface area contributed by atoms with Crippen LogP contribution in [0.15, 0.2) is 48.8 Å². The van der Waals surface area contributed by atoms with Gasteiger partial charge >= 0.3 is 5.97 Å². The molecule has 20 heavy (non-hydrogen) atoms. The fourth-order valence-corrected chi connectivity index (χ4v) is 2.62. The number of nitrogens with zero attached hydrogens (tertiary/aromatic N) is 1. The lowest BCUT2D eigenvalue weighted by Crippen LogP contribution is -1.94. The molecule has 0 radical (unpaired) electrons. The number of rotatable bonds is 1. The number of aromatic nitrogens is 2. The van der Waals surface area contributed by atoms with Crippen LogP contribution in [0.4, 0.5) is 0 Å². The number of H-pyrrole nitrogens is 1. The Morgan fingerprint density at radius 3 is 2.70 bits per heavy atom. The third kappa shape index (κ3) is 1.48. The Labute approximate surface area is 113 Å². The lowest BCUT2D eigenvalue weighted by Gasteiger charge is -1.97. The summed E-state index contributed by atoms with van der Waals surface area (Å²) in [7, 11) is 0. The van der Waals surface area contributed by atoms with E-state index >= 15 is 0 Å². The number of hydrogen-bond acceptors (Lipinski definition) is 2. The third-order valence-corrected chi connectivity index (χ3v) is 3.60. The first-order valence-corrected chi connectivity index (χ1v) is 6.25. The third-order valence-electron chi connectivity index (χ3n) is 3.60. The molecule has 2 N–H and O–H groups in total. The second-order valence-corrected chi connectivity index (χ2v) is 4.81. The van der Waals surface area contributed by atoms with Gasteiger partial charge in [0.25, 0.3) is 0 Å². The lowest BCUT2D eigenvalue weighted by atomic mass is 10.1. The Hall–Kier alpha value is -2.88. The summed E-state index contributed by atoms with van der Waals surface area (Å²) in [5.74, 6) is -0.917. The van der Waals surface area contributed by atoms with E-state index < -0.39 is 5.97 Å². The van der Waals surface area contributed by atoms with E-state index in [0.717, 1.165) is 32.6 Å². The van der Waals surface area contributed by atoms with E-state index in [0.29, 0.717) is 0 Å². The van der Waals surface area contributed by atoms with Crippen molar-refractivity contribution in [1.82, 2.24) is 9.97 Å². The molecule has 0 saturated carbocycles. The standard InChI is InChI=1S/C16H10N2O2/c19-16(20)10-1-2-12-13-5-11-8-17-4-3-9(11)6-15(13)18-14(12)7-10/h1-8,18H,(H,19,20). The molecule has 96 valence electrons. The van der Waals surface area contributed by atoms with E-state index in [1.807, 2.05) is 18.3 Å². The second-order valence-electron chi connectivity index (χ2n) is 4.81. The maximum atomic E-state index is 11.0. The minimum Gasteiger partial charge on any atom is -0.478 e. The van der Waals surface area contributed by atoms with E-state index in [2.05, 4.69) is 22.1 Å². The van der Waals surface area contributed by atoms with Gasteiger partial charge < -0.3 is 10.1 Å². The van der Waals surface area contributed by atoms with Gasteiger partial charge in [-0.2, -0.15) is 0 Å². The summed E-state index contributed by atoms with van der Waals surface area (Å²) < 4.78 is 0. The highest BCUT2D eigenvalue weighted by molar-refractivity contribution is 6.12. The number of carboxylic acids is 1. The highest BCUT2D eigenvalue weighted by Gasteiger charge is 2.09. The SMILES string of the molecule is O=C(O)c1ccc2c(c1)[nH]c1cc3ccncc3cc12. The largest absolute Gasteiger partial charge is 0.478 e. The molecule has 4 rings (SSSR count). The van der Waals surface area contributed by atoms with Crippen LogP contribution in [0.3, 0.4) is 0 Å². The Balaban J connectivity index is 2.12. The van der Waals surface area contributed by atoms with Gasteiger partial charge in [0.1, 0.15) is 0 Å². The maximum Gasteiger partial charge on any atom is 0.335 e. The van der Waals surface area contributed by atoms with Crippen molar-refractivity contribution in [3.05, 3.63) is 54.4 Å². The van der Waals surface area contributed by atoms with E-state index in [1.165, 1.54) is 0 Å². The van der Waals surface area contributed by atoms with Crippen LogP contribution in [0.5, 0.6) is 0 Å². The van der Waals surface area contributed by atoms with Crippen LogP contribution < -0.4 is 0 Å². The Morgan fingerprint density at radius 2 is 1.85 bits per heavy atom. The summed E-state index contributed by atoms with van der Waals surface area (Å²) >= 11 is 0. The molecule has 0 aliphatic rings. The van der Waals surface area contributed by atoms with Crippen LogP contribution in [0.1, 0.15) is 10.4 Å². The fourth-order valence-electron chi connectivity index (χ4n) is 2.62. The number of aromatic amines is 1. The minimum absolute atomic E-state index is 0.287. The molecule has 0 saturated heterocycles. The van der Waals surface area contributed by atoms with Gasteiger partial charge in [0.05, 0.1) is 5.56 Å². The second kappa shape index (κ2) is 3.81. The Kier molecular flexibility index (Phi) is 2.09. The summed E-state index contributed by atoms with van der Waals surface area (Å²) in [4.78, 5) is 18.4. The number of nitrogens with one attached hydrogen (secondary N) is 1. The predicted octanol–water partition coefficient (Wildman–Crippen LogP) is 3.57. The van der Waals surface area contributed by atoms with Crippen molar-refractivity contribution in [3.8, 4) is 0 Å². The summed E-state index contributed by atoms with van der Waals surface area (Å²) in [6.45, 7) is 0. The number of benzene rings is 2. The van der Waals surface area contributed by atoms with Crippen LogP contribution >= 0.6 is 0 Å². The fraction of sp³-hybridized carbons (Fsp3) is 0. The maximum absolute atomic E-state index is 11.0. The zero-order chi connectivity index (χ0) is 13.7. The molecule has 4 nitrogen and oxygen atoms in total. The quantitative estimate of drug-likeness (QED) is 0.551. The van der Waals surface area contributed by atoms with Crippen molar-refractivity contribution in [3.63, 3.8) is 0 Å². The van der Waals surface area contributed by atoms with Crippen LogP contribution in [-0.4, -0.2) is 21.0 Å². The van der Waals surface area contributed by atoms with Gasteiger partial charge in [-0.1, -0.05) is 6.07 Å². The monoisotopic (exact) mass is 262 g/mol. The zero-order valence-electron chi connectivity index (χ0n) is 10.4. The molecule has 4 aromatic rings. The average Bonchev–Trinajstić information content (AvgIpc) is 2.81. The molecule has 2 aromatic heterocycles. The highest BCUT2D eigenvalue weighted by Crippen LogP contribution is 2.29. The highest BCUT2D eigenvalue weighted by atomic mass is 16.4. The van der Waals surface area contributed by atoms with Crippen LogP contribution in [0.25, 0.3) is 32.6 Å². The van der Waals surface area contributed by atoms with Crippen molar-refractivity contribution in [2.75, 3.05) is 0 Å². The van der Waals surface area contributed by atoms with Crippen LogP contribution in [0.2, 0.25) is 0 Å². The van der Waals surface area contributed by atoms with Crippen molar-refractivity contribution >= 4 is 38.5 Å². The van der Waals surface area contributed by atoms with Gasteiger partial charge in [0, 0.05) is 39.6 Å². The van der Waals surface area contributed by atoms with Crippen molar-refractivity contribution in [2.24, 2.45) is 0 Å². The topological polar surface area (TPSA) is 66.0 Å². The van der Waals surface area contributed by atoms with E-state index in [4.69, 9.17) is 5.11 Å². The van der Waals surface area contributed by atoms with Gasteiger partial charge in [-0.3, -0.25) is 4.98 Å². The Bertz CT molecular complexity index is 986. The van der Waals surface area contributed by atoms with Gasteiger partial charge in [-0.15, -0.1) is 0 Å². The summed E-state index contributed by atoms with van der Waals surface area (Å²) in [5, 5.41) is 13.3. The smallest absolute Gasteiger partial charge is 0.335 e. The molecule has 2 aromatic carbocycles. The first-order chi connectivity index (χ1) is 9.72. The van der Waals surface area contributed by atoms with Crippen LogP contribution in [-0.2, 0) is 0 Å². The molecular weight excluding hydrogens is 252 g/mol. The molecule has 0 aliphatic heterocycles. The van der Waals surface area contributed by atoms with Gasteiger partial charge in [0.15, 0.2) is 0 Å². The number of pyridine rings is 1. The first kappa shape index (κ1) is 11.0. The number of carbonyl (C=O) groups is 1. The van der Waals surface area contributed by atoms with Gasteiger partial charge in [0.2, 0.25) is 0 Å². The molecule has 0 atom stereocenters. The molecule has 0 amide bonds. The van der Waals surface area contributed by atoms with Crippen molar-refractivity contribution < 1.29 is 9.90 Å². The van der Waals surface area contributed by atoms with Gasteiger partial charge in [-0.25, -0.2) is 4.79 Å². The Morgan fingerprint density at radius 1 is 1.00 bits per heavy atom. The molecule has 0 bridgehead atoms.